The monoisotopic (exact) mass is 409 g/mol. The minimum atomic E-state index is -0.434. The van der Waals surface area contributed by atoms with Crippen molar-refractivity contribution >= 4 is 16.9 Å². The number of aromatic nitrogens is 2. The van der Waals surface area contributed by atoms with Gasteiger partial charge in [-0.15, -0.1) is 0 Å². The number of imidazole rings is 1. The van der Waals surface area contributed by atoms with Crippen molar-refractivity contribution < 1.29 is 9.18 Å². The summed E-state index contributed by atoms with van der Waals surface area (Å²) in [6, 6.07) is 13.1. The van der Waals surface area contributed by atoms with Crippen LogP contribution in [0, 0.1) is 18.7 Å². The predicted octanol–water partition coefficient (Wildman–Crippen LogP) is 5.97. The van der Waals surface area contributed by atoms with E-state index in [2.05, 4.69) is 31.4 Å². The number of halogens is 1. The molecule has 3 rings (SSSR count). The van der Waals surface area contributed by atoms with Crippen molar-refractivity contribution in [1.29, 1.82) is 0 Å². The van der Waals surface area contributed by atoms with Crippen molar-refractivity contribution in [2.24, 2.45) is 5.92 Å². The van der Waals surface area contributed by atoms with E-state index in [1.54, 1.807) is 30.0 Å². The number of nitrogens with zero attached hydrogens (tertiary/aromatic N) is 3. The molecule has 0 fully saturated rings. The fourth-order valence-corrected chi connectivity index (χ4v) is 3.63. The molecule has 0 N–H and O–H groups in total. The fraction of sp³-hybridized carbons (Fsp3) is 0.440. The van der Waals surface area contributed by atoms with Gasteiger partial charge in [-0.1, -0.05) is 51.5 Å². The lowest BCUT2D eigenvalue weighted by Gasteiger charge is -2.24. The molecular weight excluding hydrogens is 377 g/mol. The standard InChI is InChI=1S/C25H32FN3O/c1-5-6-15-29-22-13-8-7-12-21(22)27-23(29)17-28(16-14-18(2)3)25(30)20-11-9-10-19(4)24(20)26/h7-13,18H,5-6,14-17H2,1-4H3. The van der Waals surface area contributed by atoms with Crippen molar-refractivity contribution in [3.63, 3.8) is 0 Å². The lowest BCUT2D eigenvalue weighted by molar-refractivity contribution is 0.0724. The molecule has 0 spiro atoms. The van der Waals surface area contributed by atoms with Crippen LogP contribution in [-0.2, 0) is 13.1 Å². The molecule has 4 nitrogen and oxygen atoms in total. The van der Waals surface area contributed by atoms with Crippen LogP contribution in [0.2, 0.25) is 0 Å². The van der Waals surface area contributed by atoms with E-state index in [4.69, 9.17) is 4.98 Å². The first-order valence-corrected chi connectivity index (χ1v) is 10.9. The number of unbranched alkanes of at least 4 members (excludes halogenated alkanes) is 1. The highest BCUT2D eigenvalue weighted by Crippen LogP contribution is 2.21. The first kappa shape index (κ1) is 22.0. The number of carbonyl (C=O) groups excluding carboxylic acids is 1. The van der Waals surface area contributed by atoms with Gasteiger partial charge in [-0.25, -0.2) is 9.37 Å². The first-order chi connectivity index (χ1) is 14.4. The number of benzene rings is 2. The number of fused-ring (bicyclic) bond motifs is 1. The molecule has 1 amide bonds. The van der Waals surface area contributed by atoms with Gasteiger partial charge in [-0.05, 0) is 49.4 Å². The molecule has 1 aromatic heterocycles. The summed E-state index contributed by atoms with van der Waals surface area (Å²) in [5, 5.41) is 0. The lowest BCUT2D eigenvalue weighted by Crippen LogP contribution is -2.34. The highest BCUT2D eigenvalue weighted by atomic mass is 19.1. The third kappa shape index (κ3) is 4.89. The summed E-state index contributed by atoms with van der Waals surface area (Å²) in [7, 11) is 0. The van der Waals surface area contributed by atoms with Gasteiger partial charge < -0.3 is 9.47 Å². The summed E-state index contributed by atoms with van der Waals surface area (Å²) in [5.74, 6) is 0.596. The zero-order chi connectivity index (χ0) is 21.7. The Balaban J connectivity index is 1.97. The second kappa shape index (κ2) is 9.88. The molecule has 30 heavy (non-hydrogen) atoms. The van der Waals surface area contributed by atoms with Crippen LogP contribution >= 0.6 is 0 Å². The van der Waals surface area contributed by atoms with Crippen LogP contribution in [0.5, 0.6) is 0 Å². The third-order valence-corrected chi connectivity index (χ3v) is 5.49. The fourth-order valence-electron chi connectivity index (χ4n) is 3.63. The molecular formula is C25H32FN3O. The van der Waals surface area contributed by atoms with Crippen LogP contribution in [0.3, 0.4) is 0 Å². The topological polar surface area (TPSA) is 38.1 Å². The van der Waals surface area contributed by atoms with Crippen LogP contribution < -0.4 is 0 Å². The average Bonchev–Trinajstić information content (AvgIpc) is 3.08. The molecule has 0 aliphatic rings. The second-order valence-electron chi connectivity index (χ2n) is 8.37. The zero-order valence-corrected chi connectivity index (χ0v) is 18.5. The quantitative estimate of drug-likeness (QED) is 0.436. The Hall–Kier alpha value is -2.69. The summed E-state index contributed by atoms with van der Waals surface area (Å²) in [5.41, 5.74) is 2.63. The van der Waals surface area contributed by atoms with E-state index >= 15 is 0 Å². The Bertz CT molecular complexity index is 1010. The van der Waals surface area contributed by atoms with Crippen LogP contribution in [-0.4, -0.2) is 26.9 Å². The number of rotatable bonds is 9. The van der Waals surface area contributed by atoms with Gasteiger partial charge in [-0.2, -0.15) is 0 Å². The maximum Gasteiger partial charge on any atom is 0.257 e. The maximum atomic E-state index is 14.7. The maximum absolute atomic E-state index is 14.7. The number of aryl methyl sites for hydroxylation is 2. The predicted molar refractivity (Wildman–Crippen MR) is 120 cm³/mol. The smallest absolute Gasteiger partial charge is 0.257 e. The summed E-state index contributed by atoms with van der Waals surface area (Å²) in [6.45, 7) is 9.92. The highest BCUT2D eigenvalue weighted by molar-refractivity contribution is 5.94. The molecule has 0 unspecified atom stereocenters. The van der Waals surface area contributed by atoms with E-state index in [0.717, 1.165) is 42.7 Å². The van der Waals surface area contributed by atoms with Crippen molar-refractivity contribution in [2.45, 2.75) is 60.0 Å². The molecule has 0 saturated carbocycles. The van der Waals surface area contributed by atoms with Crippen molar-refractivity contribution in [1.82, 2.24) is 14.5 Å². The Morgan fingerprint density at radius 1 is 1.17 bits per heavy atom. The van der Waals surface area contributed by atoms with E-state index in [0.29, 0.717) is 24.6 Å². The third-order valence-electron chi connectivity index (χ3n) is 5.49. The molecule has 0 saturated heterocycles. The van der Waals surface area contributed by atoms with E-state index in [9.17, 15) is 9.18 Å². The van der Waals surface area contributed by atoms with Gasteiger partial charge in [0.05, 0.1) is 23.1 Å². The van der Waals surface area contributed by atoms with Gasteiger partial charge in [0.15, 0.2) is 0 Å². The Kier molecular flexibility index (Phi) is 7.24. The second-order valence-corrected chi connectivity index (χ2v) is 8.37. The van der Waals surface area contributed by atoms with Crippen molar-refractivity contribution in [2.75, 3.05) is 6.54 Å². The highest BCUT2D eigenvalue weighted by Gasteiger charge is 2.23. The first-order valence-electron chi connectivity index (χ1n) is 10.9. The molecule has 0 bridgehead atoms. The SMILES string of the molecule is CCCCn1c(CN(CCC(C)C)C(=O)c2cccc(C)c2F)nc2ccccc21. The normalized spacial score (nSPS) is 11.4. The van der Waals surface area contributed by atoms with Crippen molar-refractivity contribution in [3.05, 3.63) is 65.2 Å². The number of amides is 1. The zero-order valence-electron chi connectivity index (χ0n) is 18.5. The van der Waals surface area contributed by atoms with E-state index in [-0.39, 0.29) is 11.5 Å². The molecule has 0 atom stereocenters. The minimum Gasteiger partial charge on any atom is -0.331 e. The Morgan fingerprint density at radius 2 is 1.93 bits per heavy atom. The van der Waals surface area contributed by atoms with Crippen LogP contribution in [0.1, 0.15) is 61.8 Å². The number of para-hydroxylation sites is 2. The van der Waals surface area contributed by atoms with Crippen LogP contribution in [0.25, 0.3) is 11.0 Å². The number of hydrogen-bond acceptors (Lipinski definition) is 2. The molecule has 2 aromatic carbocycles. The average molecular weight is 410 g/mol. The van der Waals surface area contributed by atoms with Gasteiger partial charge in [0.2, 0.25) is 0 Å². The van der Waals surface area contributed by atoms with E-state index < -0.39 is 5.82 Å². The summed E-state index contributed by atoms with van der Waals surface area (Å²) < 4.78 is 16.9. The molecule has 1 heterocycles. The molecule has 3 aromatic rings. The van der Waals surface area contributed by atoms with Gasteiger partial charge in [-0.3, -0.25) is 4.79 Å². The lowest BCUT2D eigenvalue weighted by atomic mass is 10.1. The van der Waals surface area contributed by atoms with Gasteiger partial charge in [0.25, 0.3) is 5.91 Å². The van der Waals surface area contributed by atoms with Gasteiger partial charge in [0, 0.05) is 13.1 Å². The summed E-state index contributed by atoms with van der Waals surface area (Å²) in [6.07, 6.45) is 2.98. The van der Waals surface area contributed by atoms with Gasteiger partial charge >= 0.3 is 0 Å². The molecule has 0 aliphatic heterocycles. The molecule has 0 radical (unpaired) electrons. The van der Waals surface area contributed by atoms with E-state index in [1.165, 1.54) is 0 Å². The van der Waals surface area contributed by atoms with Crippen molar-refractivity contribution in [3.8, 4) is 0 Å². The number of hydrogen-bond donors (Lipinski definition) is 0. The number of carbonyl (C=O) groups is 1. The van der Waals surface area contributed by atoms with Crippen LogP contribution in [0.15, 0.2) is 42.5 Å². The largest absolute Gasteiger partial charge is 0.331 e. The molecule has 5 heteroatoms. The van der Waals surface area contributed by atoms with Crippen LogP contribution in [0.4, 0.5) is 4.39 Å². The summed E-state index contributed by atoms with van der Waals surface area (Å²) >= 11 is 0. The van der Waals surface area contributed by atoms with Gasteiger partial charge in [0.1, 0.15) is 11.6 Å². The summed E-state index contributed by atoms with van der Waals surface area (Å²) in [4.78, 5) is 19.9. The minimum absolute atomic E-state index is 0.134. The molecule has 160 valence electrons. The Labute approximate surface area is 178 Å². The molecule has 0 aliphatic carbocycles. The Morgan fingerprint density at radius 3 is 2.67 bits per heavy atom. The van der Waals surface area contributed by atoms with E-state index in [1.807, 2.05) is 18.2 Å².